The maximum atomic E-state index is 11.4. The third kappa shape index (κ3) is 2.55. The van der Waals surface area contributed by atoms with Crippen LogP contribution < -0.4 is 5.73 Å². The van der Waals surface area contributed by atoms with Crippen molar-refractivity contribution in [3.8, 4) is 0 Å². The molecule has 0 aliphatic heterocycles. The van der Waals surface area contributed by atoms with Crippen molar-refractivity contribution < 1.29 is 19.7 Å². The molecule has 94 valence electrons. The van der Waals surface area contributed by atoms with Gasteiger partial charge in [-0.15, -0.1) is 0 Å². The maximum absolute atomic E-state index is 11.4. The van der Waals surface area contributed by atoms with E-state index in [-0.39, 0.29) is 11.1 Å². The summed E-state index contributed by atoms with van der Waals surface area (Å²) < 4.78 is 0. The van der Waals surface area contributed by atoms with Gasteiger partial charge in [-0.1, -0.05) is 0 Å². The molecule has 2 amide bonds. The molecule has 2 N–H and O–H groups in total. The summed E-state index contributed by atoms with van der Waals surface area (Å²) in [4.78, 5) is 42.8. The summed E-state index contributed by atoms with van der Waals surface area (Å²) in [6.07, 6.45) is 0. The molecule has 10 nitrogen and oxygen atoms in total. The Kier molecular flexibility index (Phi) is 3.52. The lowest BCUT2D eigenvalue weighted by Crippen LogP contribution is -2.40. The van der Waals surface area contributed by atoms with E-state index in [4.69, 9.17) is 5.73 Å². The zero-order chi connectivity index (χ0) is 13.9. The molecule has 0 radical (unpaired) electrons. The molecule has 0 aromatic heterocycles. The van der Waals surface area contributed by atoms with Crippen molar-refractivity contribution in [3.63, 3.8) is 0 Å². The molecule has 0 bridgehead atoms. The molecule has 0 atom stereocenters. The number of nitro groups is 2. The SMILES string of the molecule is NC(=O)c1ccc(C(=O)N([N+](=O)[O-])[N+](=O)[O-])cc1. The number of carbonyl (C=O) groups is 2. The van der Waals surface area contributed by atoms with Gasteiger partial charge in [0.25, 0.3) is 0 Å². The normalized spacial score (nSPS) is 9.56. The van der Waals surface area contributed by atoms with E-state index in [0.717, 1.165) is 24.3 Å². The van der Waals surface area contributed by atoms with Crippen LogP contribution in [0.1, 0.15) is 20.7 Å². The Morgan fingerprint density at radius 1 is 1.00 bits per heavy atom. The minimum atomic E-state index is -1.45. The Morgan fingerprint density at radius 3 is 1.72 bits per heavy atom. The van der Waals surface area contributed by atoms with Gasteiger partial charge in [-0.3, -0.25) is 9.59 Å². The third-order valence-corrected chi connectivity index (χ3v) is 1.91. The number of hydrogen-bond donors (Lipinski definition) is 1. The standard InChI is InChI=1S/C8H6N4O6/c9-7(13)5-1-3-6(4-2-5)8(14)10(11(15)16)12(17)18/h1-4H,(H2,9,13). The number of benzene rings is 1. The summed E-state index contributed by atoms with van der Waals surface area (Å²) >= 11 is 0. The maximum Gasteiger partial charge on any atom is 0.388 e. The van der Waals surface area contributed by atoms with E-state index in [2.05, 4.69) is 0 Å². The molecule has 0 saturated heterocycles. The minimum absolute atomic E-state index is 0.0697. The highest BCUT2D eigenvalue weighted by atomic mass is 16.8. The first-order valence-electron chi connectivity index (χ1n) is 4.37. The van der Waals surface area contributed by atoms with Crippen LogP contribution in [0.5, 0.6) is 0 Å². The first-order valence-corrected chi connectivity index (χ1v) is 4.37. The molecule has 0 heterocycles. The van der Waals surface area contributed by atoms with Crippen molar-refractivity contribution in [2.75, 3.05) is 0 Å². The van der Waals surface area contributed by atoms with Gasteiger partial charge in [0.15, 0.2) is 0 Å². The fourth-order valence-electron chi connectivity index (χ4n) is 1.10. The Balaban J connectivity index is 3.06. The molecule has 18 heavy (non-hydrogen) atoms. The summed E-state index contributed by atoms with van der Waals surface area (Å²) in [7, 11) is 0. The van der Waals surface area contributed by atoms with E-state index in [1.54, 1.807) is 0 Å². The Labute approximate surface area is 98.8 Å². The average Bonchev–Trinajstić information content (AvgIpc) is 2.28. The second-order valence-corrected chi connectivity index (χ2v) is 3.01. The van der Waals surface area contributed by atoms with Crippen molar-refractivity contribution in [1.29, 1.82) is 0 Å². The van der Waals surface area contributed by atoms with E-state index in [0.29, 0.717) is 0 Å². The van der Waals surface area contributed by atoms with Gasteiger partial charge in [-0.25, -0.2) is 20.2 Å². The Hall–Kier alpha value is -3.04. The molecule has 0 fully saturated rings. The molecule has 0 unspecified atom stereocenters. The van der Waals surface area contributed by atoms with Gasteiger partial charge in [-0.2, -0.15) is 0 Å². The van der Waals surface area contributed by atoms with Crippen molar-refractivity contribution >= 4 is 11.8 Å². The number of primary amides is 1. The summed E-state index contributed by atoms with van der Waals surface area (Å²) in [6.45, 7) is 0. The van der Waals surface area contributed by atoms with E-state index in [9.17, 15) is 29.8 Å². The quantitative estimate of drug-likeness (QED) is 0.570. The molecule has 1 aromatic carbocycles. The smallest absolute Gasteiger partial charge is 0.366 e. The van der Waals surface area contributed by atoms with Crippen molar-refractivity contribution in [2.24, 2.45) is 5.73 Å². The number of hydrogen-bond acceptors (Lipinski definition) is 6. The van der Waals surface area contributed by atoms with Gasteiger partial charge >= 0.3 is 5.91 Å². The molecule has 1 rings (SSSR count). The lowest BCUT2D eigenvalue weighted by molar-refractivity contribution is -0.882. The van der Waals surface area contributed by atoms with Gasteiger partial charge in [0.1, 0.15) is 0 Å². The van der Waals surface area contributed by atoms with Crippen LogP contribution in [0.4, 0.5) is 0 Å². The van der Waals surface area contributed by atoms with Gasteiger partial charge in [0.05, 0.1) is 5.56 Å². The number of nitrogens with two attached hydrogens (primary N) is 1. The highest BCUT2D eigenvalue weighted by Crippen LogP contribution is 2.07. The van der Waals surface area contributed by atoms with Crippen LogP contribution in [0.3, 0.4) is 0 Å². The van der Waals surface area contributed by atoms with Crippen molar-refractivity contribution in [3.05, 3.63) is 55.6 Å². The minimum Gasteiger partial charge on any atom is -0.366 e. The van der Waals surface area contributed by atoms with Crippen LogP contribution in [-0.2, 0) is 0 Å². The summed E-state index contributed by atoms with van der Waals surface area (Å²) in [5, 5.41) is 17.0. The molecule has 0 spiro atoms. The van der Waals surface area contributed by atoms with E-state index in [1.165, 1.54) is 0 Å². The highest BCUT2D eigenvalue weighted by molar-refractivity contribution is 5.96. The topological polar surface area (TPSA) is 150 Å². The second-order valence-electron chi connectivity index (χ2n) is 3.01. The zero-order valence-electron chi connectivity index (χ0n) is 8.68. The van der Waals surface area contributed by atoms with Crippen LogP contribution >= 0.6 is 0 Å². The fourth-order valence-corrected chi connectivity index (χ4v) is 1.10. The molecule has 0 aliphatic carbocycles. The first kappa shape index (κ1) is 13.0. The molecule has 0 saturated carbocycles. The third-order valence-electron chi connectivity index (χ3n) is 1.91. The van der Waals surface area contributed by atoms with Crippen LogP contribution in [0, 0.1) is 20.2 Å². The summed E-state index contributed by atoms with van der Waals surface area (Å²) in [5.41, 5.74) is 4.70. The highest BCUT2D eigenvalue weighted by Gasteiger charge is 2.37. The average molecular weight is 254 g/mol. The van der Waals surface area contributed by atoms with Gasteiger partial charge < -0.3 is 5.73 Å². The lowest BCUT2D eigenvalue weighted by Gasteiger charge is -2.02. The fraction of sp³-hybridized carbons (Fsp3) is 0. The Bertz CT molecular complexity index is 511. The predicted octanol–water partition coefficient (Wildman–Crippen LogP) is -0.389. The van der Waals surface area contributed by atoms with E-state index in [1.807, 2.05) is 0 Å². The number of hydrazine groups is 2. The van der Waals surface area contributed by atoms with E-state index >= 15 is 0 Å². The molecule has 0 aliphatic rings. The number of amides is 2. The summed E-state index contributed by atoms with van der Waals surface area (Å²) in [6, 6.07) is 4.33. The van der Waals surface area contributed by atoms with Crippen LogP contribution in [-0.4, -0.2) is 27.0 Å². The predicted molar refractivity (Wildman–Crippen MR) is 55.1 cm³/mol. The first-order chi connectivity index (χ1) is 8.34. The molecular weight excluding hydrogens is 248 g/mol. The Morgan fingerprint density at radius 2 is 1.39 bits per heavy atom. The molecular formula is C8H6N4O6. The van der Waals surface area contributed by atoms with Crippen LogP contribution in [0.2, 0.25) is 0 Å². The van der Waals surface area contributed by atoms with Crippen molar-refractivity contribution in [1.82, 2.24) is 5.12 Å². The molecule has 1 aromatic rings. The van der Waals surface area contributed by atoms with E-state index < -0.39 is 27.0 Å². The molecule has 10 heteroatoms. The van der Waals surface area contributed by atoms with Gasteiger partial charge in [0.2, 0.25) is 21.1 Å². The number of nitrogens with zero attached hydrogens (tertiary/aromatic N) is 3. The lowest BCUT2D eigenvalue weighted by atomic mass is 10.1. The van der Waals surface area contributed by atoms with Crippen molar-refractivity contribution in [2.45, 2.75) is 0 Å². The monoisotopic (exact) mass is 254 g/mol. The largest absolute Gasteiger partial charge is 0.388 e. The number of carbonyl (C=O) groups excluding carboxylic acids is 2. The second kappa shape index (κ2) is 4.86. The number of rotatable bonds is 4. The summed E-state index contributed by atoms with van der Waals surface area (Å²) in [5.74, 6) is -2.18. The van der Waals surface area contributed by atoms with Gasteiger partial charge in [-0.05, 0) is 24.3 Å². The van der Waals surface area contributed by atoms with Crippen LogP contribution in [0.15, 0.2) is 24.3 Å². The van der Waals surface area contributed by atoms with Gasteiger partial charge in [0, 0.05) is 5.56 Å². The zero-order valence-corrected chi connectivity index (χ0v) is 8.68. The van der Waals surface area contributed by atoms with Crippen LogP contribution in [0.25, 0.3) is 0 Å².